The van der Waals surface area contributed by atoms with Crippen LogP contribution in [0.1, 0.15) is 0 Å². The maximum absolute atomic E-state index is 4.86. The average molecular weight is 548 g/mol. The normalized spacial score (nSPS) is 11.7. The van der Waals surface area contributed by atoms with E-state index in [-0.39, 0.29) is 6.71 Å². The van der Waals surface area contributed by atoms with Crippen molar-refractivity contribution in [2.24, 2.45) is 0 Å². The summed E-state index contributed by atoms with van der Waals surface area (Å²) >= 11 is 0. The highest BCUT2D eigenvalue weighted by Gasteiger charge is 2.30. The van der Waals surface area contributed by atoms with Gasteiger partial charge in [-0.05, 0) is 52.6 Å². The van der Waals surface area contributed by atoms with E-state index in [1.165, 1.54) is 0 Å². The molecule has 0 saturated heterocycles. The summed E-state index contributed by atoms with van der Waals surface area (Å²) < 4.78 is 0. The minimum absolute atomic E-state index is 0.191. The van der Waals surface area contributed by atoms with E-state index in [1.807, 2.05) is 73.6 Å². The van der Waals surface area contributed by atoms with Crippen LogP contribution in [-0.4, -0.2) is 36.6 Å². The molecule has 0 bridgehead atoms. The van der Waals surface area contributed by atoms with Crippen molar-refractivity contribution >= 4 is 88.5 Å². The lowest BCUT2D eigenvalue weighted by Crippen LogP contribution is -2.53. The highest BCUT2D eigenvalue weighted by Crippen LogP contribution is 2.26. The molecule has 0 aliphatic carbocycles. The first-order chi connectivity index (χ1) is 21.3. The van der Waals surface area contributed by atoms with Gasteiger partial charge in [0.05, 0.1) is 33.1 Å². The molecule has 0 aliphatic heterocycles. The Morgan fingerprint density at radius 1 is 0.326 bits per heavy atom. The van der Waals surface area contributed by atoms with Crippen LogP contribution in [-0.2, 0) is 0 Å². The molecule has 3 aromatic carbocycles. The summed E-state index contributed by atoms with van der Waals surface area (Å²) in [5, 5.41) is 6.32. The number of hydrogen-bond acceptors (Lipinski definition) is 6. The van der Waals surface area contributed by atoms with E-state index in [0.29, 0.717) is 0 Å². The smallest absolute Gasteiger partial charge is 0.243 e. The lowest BCUT2D eigenvalue weighted by Gasteiger charge is -2.22. The van der Waals surface area contributed by atoms with Gasteiger partial charge in [-0.2, -0.15) is 0 Å². The van der Waals surface area contributed by atoms with E-state index >= 15 is 0 Å². The fourth-order valence-electron chi connectivity index (χ4n) is 6.63. The Hall–Kier alpha value is -5.82. The Labute approximate surface area is 246 Å². The van der Waals surface area contributed by atoms with Gasteiger partial charge in [-0.3, -0.25) is 29.9 Å². The van der Waals surface area contributed by atoms with Gasteiger partial charge in [-0.15, -0.1) is 0 Å². The summed E-state index contributed by atoms with van der Waals surface area (Å²) in [6, 6.07) is 31.6. The van der Waals surface area contributed by atoms with Gasteiger partial charge in [0.15, 0.2) is 0 Å². The third-order valence-electron chi connectivity index (χ3n) is 8.41. The van der Waals surface area contributed by atoms with Gasteiger partial charge in [0.2, 0.25) is 6.71 Å². The first-order valence-corrected chi connectivity index (χ1v) is 14.2. The van der Waals surface area contributed by atoms with Crippen LogP contribution in [0, 0.1) is 0 Å². The van der Waals surface area contributed by atoms with Crippen molar-refractivity contribution in [2.75, 3.05) is 0 Å². The minimum atomic E-state index is -0.191. The Balaban J connectivity index is 1.51. The van der Waals surface area contributed by atoms with Crippen LogP contribution in [0.2, 0.25) is 0 Å². The van der Waals surface area contributed by atoms with Crippen molar-refractivity contribution < 1.29 is 0 Å². The summed E-state index contributed by atoms with van der Waals surface area (Å²) in [6.07, 6.45) is 11.0. The molecule has 0 amide bonds. The number of fused-ring (bicyclic) bond motifs is 9. The first kappa shape index (κ1) is 23.8. The van der Waals surface area contributed by atoms with Crippen molar-refractivity contribution in [3.05, 3.63) is 128 Å². The van der Waals surface area contributed by atoms with E-state index in [4.69, 9.17) is 29.9 Å². The highest BCUT2D eigenvalue weighted by molar-refractivity contribution is 6.99. The summed E-state index contributed by atoms with van der Waals surface area (Å²) in [4.78, 5) is 28.8. The van der Waals surface area contributed by atoms with Crippen LogP contribution in [0.4, 0.5) is 0 Å². The van der Waals surface area contributed by atoms with Crippen molar-refractivity contribution in [1.29, 1.82) is 0 Å². The monoisotopic (exact) mass is 548 g/mol. The van der Waals surface area contributed by atoms with Crippen LogP contribution in [0.5, 0.6) is 0 Å². The van der Waals surface area contributed by atoms with Gasteiger partial charge in [0.1, 0.15) is 0 Å². The van der Waals surface area contributed by atoms with Crippen molar-refractivity contribution in [2.45, 2.75) is 0 Å². The highest BCUT2D eigenvalue weighted by atomic mass is 14.7. The number of benzene rings is 3. The second-order valence-corrected chi connectivity index (χ2v) is 10.8. The average Bonchev–Trinajstić information content (AvgIpc) is 3.08. The zero-order valence-corrected chi connectivity index (χ0v) is 22.9. The largest absolute Gasteiger partial charge is 0.254 e. The fourth-order valence-corrected chi connectivity index (χ4v) is 6.63. The summed E-state index contributed by atoms with van der Waals surface area (Å²) in [7, 11) is 0. The molecule has 7 heteroatoms. The molecule has 9 aromatic rings. The van der Waals surface area contributed by atoms with E-state index in [0.717, 1.165) is 81.8 Å². The first-order valence-electron chi connectivity index (χ1n) is 14.2. The Morgan fingerprint density at radius 2 is 0.605 bits per heavy atom. The Kier molecular flexibility index (Phi) is 5.19. The minimum Gasteiger partial charge on any atom is -0.254 e. The lowest BCUT2D eigenvalue weighted by molar-refractivity contribution is 1.37. The van der Waals surface area contributed by atoms with E-state index in [1.54, 1.807) is 0 Å². The van der Waals surface area contributed by atoms with Crippen LogP contribution in [0.3, 0.4) is 0 Å². The van der Waals surface area contributed by atoms with E-state index < -0.39 is 0 Å². The quantitative estimate of drug-likeness (QED) is 0.215. The second kappa shape index (κ2) is 9.36. The number of pyridine rings is 6. The number of nitrogens with zero attached hydrogens (tertiary/aromatic N) is 6. The molecule has 0 N–H and O–H groups in total. The maximum atomic E-state index is 4.86. The molecule has 0 fully saturated rings. The van der Waals surface area contributed by atoms with Gasteiger partial charge >= 0.3 is 0 Å². The number of aromatic nitrogens is 6. The number of rotatable bonds is 3. The summed E-state index contributed by atoms with van der Waals surface area (Å²) in [5.74, 6) is 0. The standard InChI is InChI=1S/C36H21BN6/c1-7-22-19-28(25-10-4-16-41-34(25)31(22)38-13-1)37(29-20-23-8-2-14-39-32(23)35-26(29)11-5-17-42-35)30-21-24-9-3-15-40-33(24)36-27(30)12-6-18-43-36/h1-21H. The molecule has 6 nitrogen and oxygen atoms in total. The zero-order chi connectivity index (χ0) is 28.3. The molecule has 0 unspecified atom stereocenters. The van der Waals surface area contributed by atoms with Gasteiger partial charge < -0.3 is 0 Å². The van der Waals surface area contributed by atoms with Crippen molar-refractivity contribution in [3.8, 4) is 0 Å². The zero-order valence-electron chi connectivity index (χ0n) is 22.9. The van der Waals surface area contributed by atoms with Gasteiger partial charge in [0.25, 0.3) is 0 Å². The molecular weight excluding hydrogens is 527 g/mol. The molecule has 198 valence electrons. The van der Waals surface area contributed by atoms with E-state index in [9.17, 15) is 0 Å². The molecule has 6 aromatic heterocycles. The molecule has 0 saturated carbocycles. The fraction of sp³-hybridized carbons (Fsp3) is 0. The third-order valence-corrected chi connectivity index (χ3v) is 8.41. The lowest BCUT2D eigenvalue weighted by atomic mass is 9.35. The molecule has 43 heavy (non-hydrogen) atoms. The van der Waals surface area contributed by atoms with Crippen LogP contribution in [0.25, 0.3) is 65.4 Å². The molecule has 9 rings (SSSR count). The predicted molar refractivity (Wildman–Crippen MR) is 176 cm³/mol. The molecule has 0 spiro atoms. The summed E-state index contributed by atoms with van der Waals surface area (Å²) in [5.41, 5.74) is 8.76. The maximum Gasteiger partial charge on any atom is 0.243 e. The van der Waals surface area contributed by atoms with E-state index in [2.05, 4.69) is 54.6 Å². The molecule has 0 aliphatic rings. The SMILES string of the molecule is c1cnc2c(c1)cc(B(c1cc3cccnc3c3ncccc13)c1cc3cccnc3c3ncccc13)c1cccnc12. The van der Waals surface area contributed by atoms with Crippen LogP contribution >= 0.6 is 0 Å². The predicted octanol–water partition coefficient (Wildman–Crippen LogP) is 5.49. The second-order valence-electron chi connectivity index (χ2n) is 10.8. The molecule has 6 heterocycles. The summed E-state index contributed by atoms with van der Waals surface area (Å²) in [6.45, 7) is -0.191. The van der Waals surface area contributed by atoms with Gasteiger partial charge in [-0.25, -0.2) is 0 Å². The van der Waals surface area contributed by atoms with Gasteiger partial charge in [0, 0.05) is 53.3 Å². The van der Waals surface area contributed by atoms with Gasteiger partial charge in [-0.1, -0.05) is 71.0 Å². The van der Waals surface area contributed by atoms with Crippen LogP contribution in [0.15, 0.2) is 128 Å². The molecule has 0 radical (unpaired) electrons. The molecular formula is C36H21BN6. The Bertz CT molecular complexity index is 2270. The topological polar surface area (TPSA) is 77.3 Å². The van der Waals surface area contributed by atoms with Crippen molar-refractivity contribution in [1.82, 2.24) is 29.9 Å². The van der Waals surface area contributed by atoms with Crippen LogP contribution < -0.4 is 16.4 Å². The number of hydrogen-bond donors (Lipinski definition) is 0. The third kappa shape index (κ3) is 3.61. The molecule has 0 atom stereocenters. The Morgan fingerprint density at radius 3 is 0.930 bits per heavy atom. The van der Waals surface area contributed by atoms with Crippen molar-refractivity contribution in [3.63, 3.8) is 0 Å².